The third kappa shape index (κ3) is 3.92. The molecule has 0 spiro atoms. The van der Waals surface area contributed by atoms with Gasteiger partial charge in [0.1, 0.15) is 0 Å². The van der Waals surface area contributed by atoms with Gasteiger partial charge in [-0.3, -0.25) is 10.1 Å². The Bertz CT molecular complexity index is 427. The fourth-order valence-electron chi connectivity index (χ4n) is 2.16. The number of rotatable bonds is 2. The van der Waals surface area contributed by atoms with Gasteiger partial charge in [-0.25, -0.2) is 0 Å². The van der Waals surface area contributed by atoms with E-state index in [-0.39, 0.29) is 10.6 Å². The molecule has 0 saturated carbocycles. The second-order valence-corrected chi connectivity index (χ2v) is 4.52. The smallest absolute Gasteiger partial charge is 0.269 e. The summed E-state index contributed by atoms with van der Waals surface area (Å²) in [6.07, 6.45) is 0. The lowest BCUT2D eigenvalue weighted by atomic mass is 10.1. The van der Waals surface area contributed by atoms with Gasteiger partial charge in [0.05, 0.1) is 4.92 Å². The highest BCUT2D eigenvalue weighted by atomic mass is 16.6. The summed E-state index contributed by atoms with van der Waals surface area (Å²) in [6, 6.07) is 5.09. The van der Waals surface area contributed by atoms with Crippen molar-refractivity contribution in [1.29, 1.82) is 0 Å². The number of anilines is 1. The molecule has 0 unspecified atom stereocenters. The molecule has 1 aliphatic heterocycles. The van der Waals surface area contributed by atoms with Gasteiger partial charge in [-0.2, -0.15) is 0 Å². The molecule has 0 aliphatic carbocycles. The van der Waals surface area contributed by atoms with Crippen molar-refractivity contribution in [2.45, 2.75) is 20.8 Å². The molecule has 1 aromatic carbocycles. The van der Waals surface area contributed by atoms with Crippen molar-refractivity contribution in [2.75, 3.05) is 38.1 Å². The molecule has 0 radical (unpaired) electrons. The van der Waals surface area contributed by atoms with Crippen LogP contribution in [0.15, 0.2) is 18.2 Å². The van der Waals surface area contributed by atoms with E-state index >= 15 is 0 Å². The lowest BCUT2D eigenvalue weighted by Gasteiger charge is -2.34. The quantitative estimate of drug-likeness (QED) is 0.609. The average Bonchev–Trinajstić information content (AvgIpc) is 2.42. The predicted octanol–water partition coefficient (Wildman–Crippen LogP) is 2.68. The Balaban J connectivity index is 0.000000861. The molecule has 5 heteroatoms. The number of likely N-dealkylation sites (N-methyl/N-ethyl adjacent to an activating group) is 1. The number of hydrogen-bond acceptors (Lipinski definition) is 4. The van der Waals surface area contributed by atoms with E-state index < -0.39 is 0 Å². The van der Waals surface area contributed by atoms with Crippen molar-refractivity contribution >= 4 is 11.4 Å². The Labute approximate surface area is 115 Å². The Hall–Kier alpha value is -1.62. The number of benzene rings is 1. The van der Waals surface area contributed by atoms with Crippen LogP contribution in [-0.4, -0.2) is 43.0 Å². The van der Waals surface area contributed by atoms with Gasteiger partial charge in [-0.05, 0) is 25.6 Å². The third-order valence-electron chi connectivity index (χ3n) is 3.24. The van der Waals surface area contributed by atoms with E-state index in [4.69, 9.17) is 0 Å². The van der Waals surface area contributed by atoms with Crippen LogP contribution in [0.25, 0.3) is 0 Å². The van der Waals surface area contributed by atoms with Gasteiger partial charge in [-0.1, -0.05) is 13.8 Å². The molecule has 2 rings (SSSR count). The average molecular weight is 265 g/mol. The summed E-state index contributed by atoms with van der Waals surface area (Å²) in [5.74, 6) is 0. The van der Waals surface area contributed by atoms with Gasteiger partial charge in [0, 0.05) is 44.0 Å². The fourth-order valence-corrected chi connectivity index (χ4v) is 2.16. The van der Waals surface area contributed by atoms with Gasteiger partial charge in [0.2, 0.25) is 0 Å². The Morgan fingerprint density at radius 1 is 1.16 bits per heavy atom. The predicted molar refractivity (Wildman–Crippen MR) is 78.9 cm³/mol. The van der Waals surface area contributed by atoms with Crippen LogP contribution >= 0.6 is 0 Å². The molecular formula is C14H23N3O2. The Morgan fingerprint density at radius 2 is 1.74 bits per heavy atom. The van der Waals surface area contributed by atoms with Crippen LogP contribution in [0, 0.1) is 17.0 Å². The van der Waals surface area contributed by atoms with Crippen molar-refractivity contribution in [3.8, 4) is 0 Å². The minimum atomic E-state index is -0.346. The highest BCUT2D eigenvalue weighted by molar-refractivity contribution is 5.57. The van der Waals surface area contributed by atoms with Gasteiger partial charge in [0.15, 0.2) is 0 Å². The van der Waals surface area contributed by atoms with E-state index in [1.54, 1.807) is 12.1 Å². The summed E-state index contributed by atoms with van der Waals surface area (Å²) in [5.41, 5.74) is 2.26. The SMILES string of the molecule is CC.Cc1cc([N+](=O)[O-])ccc1N1CCN(C)CC1. The number of nitro benzene ring substituents is 1. The molecule has 1 aromatic rings. The molecule has 0 atom stereocenters. The van der Waals surface area contributed by atoms with Crippen LogP contribution < -0.4 is 4.90 Å². The molecular weight excluding hydrogens is 242 g/mol. The van der Waals surface area contributed by atoms with E-state index in [1.165, 1.54) is 0 Å². The molecule has 5 nitrogen and oxygen atoms in total. The maximum Gasteiger partial charge on any atom is 0.269 e. The molecule has 0 aromatic heterocycles. The van der Waals surface area contributed by atoms with Crippen molar-refractivity contribution in [2.24, 2.45) is 0 Å². The molecule has 106 valence electrons. The maximum atomic E-state index is 10.7. The molecule has 1 aliphatic rings. The van der Waals surface area contributed by atoms with Crippen LogP contribution in [0.2, 0.25) is 0 Å². The van der Waals surface area contributed by atoms with Gasteiger partial charge in [0.25, 0.3) is 5.69 Å². The maximum absolute atomic E-state index is 10.7. The lowest BCUT2D eigenvalue weighted by Crippen LogP contribution is -2.44. The summed E-state index contributed by atoms with van der Waals surface area (Å²) in [4.78, 5) is 14.9. The normalized spacial score (nSPS) is 15.7. The van der Waals surface area contributed by atoms with Crippen molar-refractivity contribution in [3.05, 3.63) is 33.9 Å². The summed E-state index contributed by atoms with van der Waals surface area (Å²) in [7, 11) is 2.11. The molecule has 0 amide bonds. The van der Waals surface area contributed by atoms with Crippen LogP contribution in [-0.2, 0) is 0 Å². The van der Waals surface area contributed by atoms with Gasteiger partial charge >= 0.3 is 0 Å². The highest BCUT2D eigenvalue weighted by Crippen LogP contribution is 2.25. The van der Waals surface area contributed by atoms with Gasteiger partial charge < -0.3 is 9.80 Å². The Morgan fingerprint density at radius 3 is 2.21 bits per heavy atom. The zero-order valence-corrected chi connectivity index (χ0v) is 12.2. The largest absolute Gasteiger partial charge is 0.369 e. The monoisotopic (exact) mass is 265 g/mol. The zero-order chi connectivity index (χ0) is 14.4. The zero-order valence-electron chi connectivity index (χ0n) is 12.2. The number of hydrogen-bond donors (Lipinski definition) is 0. The summed E-state index contributed by atoms with van der Waals surface area (Å²) >= 11 is 0. The number of aryl methyl sites for hydroxylation is 1. The molecule has 1 heterocycles. The second-order valence-electron chi connectivity index (χ2n) is 4.52. The first-order valence-corrected chi connectivity index (χ1v) is 6.76. The number of nitro groups is 1. The first kappa shape index (κ1) is 15.4. The number of piperazine rings is 1. The van der Waals surface area contributed by atoms with Crippen LogP contribution in [0.3, 0.4) is 0 Å². The summed E-state index contributed by atoms with van der Waals surface area (Å²) in [5, 5.41) is 10.7. The topological polar surface area (TPSA) is 49.6 Å². The van der Waals surface area contributed by atoms with E-state index in [0.29, 0.717) is 0 Å². The van der Waals surface area contributed by atoms with E-state index in [2.05, 4.69) is 16.8 Å². The number of nitrogens with zero attached hydrogens (tertiary/aromatic N) is 3. The molecule has 1 fully saturated rings. The molecule has 19 heavy (non-hydrogen) atoms. The molecule has 0 N–H and O–H groups in total. The minimum absolute atomic E-state index is 0.167. The van der Waals surface area contributed by atoms with E-state index in [9.17, 15) is 10.1 Å². The van der Waals surface area contributed by atoms with E-state index in [1.807, 2.05) is 26.8 Å². The molecule has 0 bridgehead atoms. The first-order valence-electron chi connectivity index (χ1n) is 6.76. The van der Waals surface area contributed by atoms with Crippen molar-refractivity contribution in [3.63, 3.8) is 0 Å². The lowest BCUT2D eigenvalue weighted by molar-refractivity contribution is -0.384. The number of non-ortho nitro benzene ring substituents is 1. The third-order valence-corrected chi connectivity index (χ3v) is 3.24. The second kappa shape index (κ2) is 7.09. The standard InChI is InChI=1S/C12H17N3O2.C2H6/c1-10-9-11(15(16)17)3-4-12(10)14-7-5-13(2)6-8-14;1-2/h3-4,9H,5-8H2,1-2H3;1-2H3. The van der Waals surface area contributed by atoms with Crippen molar-refractivity contribution < 1.29 is 4.92 Å². The molecule has 1 saturated heterocycles. The Kier molecular flexibility index (Phi) is 5.76. The first-order chi connectivity index (χ1) is 9.08. The fraction of sp³-hybridized carbons (Fsp3) is 0.571. The van der Waals surface area contributed by atoms with Gasteiger partial charge in [-0.15, -0.1) is 0 Å². The van der Waals surface area contributed by atoms with Crippen molar-refractivity contribution in [1.82, 2.24) is 4.90 Å². The van der Waals surface area contributed by atoms with Crippen LogP contribution in [0.5, 0.6) is 0 Å². The highest BCUT2D eigenvalue weighted by Gasteiger charge is 2.17. The van der Waals surface area contributed by atoms with E-state index in [0.717, 1.165) is 37.4 Å². The minimum Gasteiger partial charge on any atom is -0.369 e. The summed E-state index contributed by atoms with van der Waals surface area (Å²) in [6.45, 7) is 9.97. The summed E-state index contributed by atoms with van der Waals surface area (Å²) < 4.78 is 0. The van der Waals surface area contributed by atoms with Crippen LogP contribution in [0.1, 0.15) is 19.4 Å². The van der Waals surface area contributed by atoms with Crippen LogP contribution in [0.4, 0.5) is 11.4 Å².